The topological polar surface area (TPSA) is 29.5 Å². The van der Waals surface area contributed by atoms with Crippen molar-refractivity contribution in [1.82, 2.24) is 4.90 Å². The molecule has 0 fully saturated rings. The Balaban J connectivity index is 2.75. The van der Waals surface area contributed by atoms with Crippen LogP contribution in [0.3, 0.4) is 0 Å². The molecule has 104 valence electrons. The van der Waals surface area contributed by atoms with Gasteiger partial charge in [0.05, 0.1) is 7.11 Å². The highest BCUT2D eigenvalue weighted by Gasteiger charge is 2.05. The van der Waals surface area contributed by atoms with Crippen molar-refractivity contribution in [2.45, 2.75) is 19.8 Å². The molecular weight excluding hydrogens is 306 g/mol. The first kappa shape index (κ1) is 15.8. The van der Waals surface area contributed by atoms with Gasteiger partial charge >= 0.3 is 0 Å². The first-order valence-corrected chi connectivity index (χ1v) is 7.14. The van der Waals surface area contributed by atoms with Crippen LogP contribution in [0.4, 0.5) is 0 Å². The van der Waals surface area contributed by atoms with Crippen LogP contribution in [-0.4, -0.2) is 31.5 Å². The van der Waals surface area contributed by atoms with Gasteiger partial charge in [-0.1, -0.05) is 29.3 Å². The number of unbranched alkanes of at least 4 members (excludes halogenated alkanes) is 1. The third-order valence-electron chi connectivity index (χ3n) is 2.82. The Morgan fingerprint density at radius 3 is 2.84 bits per heavy atom. The number of carbonyl (C=O) groups is 1. The second kappa shape index (κ2) is 8.00. The van der Waals surface area contributed by atoms with Crippen molar-refractivity contribution in [3.63, 3.8) is 0 Å². The zero-order valence-electron chi connectivity index (χ0n) is 11.6. The van der Waals surface area contributed by atoms with E-state index >= 15 is 0 Å². The lowest BCUT2D eigenvalue weighted by Crippen LogP contribution is -2.25. The summed E-state index contributed by atoms with van der Waals surface area (Å²) in [6.45, 7) is 2.90. The van der Waals surface area contributed by atoms with Crippen LogP contribution in [0.25, 0.3) is 6.08 Å². The number of amides is 1. The van der Waals surface area contributed by atoms with Crippen LogP contribution < -0.4 is 4.74 Å². The van der Waals surface area contributed by atoms with Crippen molar-refractivity contribution >= 4 is 27.9 Å². The van der Waals surface area contributed by atoms with E-state index in [4.69, 9.17) is 4.74 Å². The van der Waals surface area contributed by atoms with Crippen molar-refractivity contribution < 1.29 is 9.53 Å². The smallest absolute Gasteiger partial charge is 0.246 e. The molecule has 0 spiro atoms. The summed E-state index contributed by atoms with van der Waals surface area (Å²) in [5.74, 6) is 0.763. The molecule has 1 rings (SSSR count). The summed E-state index contributed by atoms with van der Waals surface area (Å²) in [5, 5.41) is 0. The number of halogens is 1. The summed E-state index contributed by atoms with van der Waals surface area (Å²) in [7, 11) is 3.44. The van der Waals surface area contributed by atoms with Crippen LogP contribution >= 0.6 is 15.9 Å². The Bertz CT molecular complexity index is 457. The molecule has 4 heteroatoms. The van der Waals surface area contributed by atoms with Gasteiger partial charge in [0.1, 0.15) is 5.75 Å². The fourth-order valence-electron chi connectivity index (χ4n) is 1.63. The highest BCUT2D eigenvalue weighted by atomic mass is 79.9. The Morgan fingerprint density at radius 1 is 1.47 bits per heavy atom. The van der Waals surface area contributed by atoms with Crippen LogP contribution in [-0.2, 0) is 4.79 Å². The van der Waals surface area contributed by atoms with E-state index in [-0.39, 0.29) is 5.91 Å². The monoisotopic (exact) mass is 325 g/mol. The molecule has 0 aliphatic carbocycles. The van der Waals surface area contributed by atoms with E-state index in [9.17, 15) is 4.79 Å². The lowest BCUT2D eigenvalue weighted by atomic mass is 10.2. The van der Waals surface area contributed by atoms with Crippen molar-refractivity contribution in [1.29, 1.82) is 0 Å². The third kappa shape index (κ3) is 5.07. The zero-order valence-corrected chi connectivity index (χ0v) is 13.2. The largest absolute Gasteiger partial charge is 0.496 e. The molecule has 0 saturated carbocycles. The summed E-state index contributed by atoms with van der Waals surface area (Å²) >= 11 is 3.41. The van der Waals surface area contributed by atoms with Gasteiger partial charge in [-0.05, 0) is 30.7 Å². The Labute approximate surface area is 123 Å². The lowest BCUT2D eigenvalue weighted by molar-refractivity contribution is -0.124. The van der Waals surface area contributed by atoms with Gasteiger partial charge in [0.2, 0.25) is 5.91 Å². The second-order valence-corrected chi connectivity index (χ2v) is 5.25. The minimum Gasteiger partial charge on any atom is -0.496 e. The summed E-state index contributed by atoms with van der Waals surface area (Å²) in [6, 6.07) is 5.70. The van der Waals surface area contributed by atoms with E-state index in [0.29, 0.717) is 0 Å². The van der Waals surface area contributed by atoms with Crippen LogP contribution in [0.2, 0.25) is 0 Å². The van der Waals surface area contributed by atoms with Gasteiger partial charge in [-0.15, -0.1) is 0 Å². The molecule has 0 radical (unpaired) electrons. The number of methoxy groups -OCH3 is 1. The van der Waals surface area contributed by atoms with Crippen LogP contribution in [0.5, 0.6) is 5.75 Å². The third-order valence-corrected chi connectivity index (χ3v) is 3.31. The molecule has 3 nitrogen and oxygen atoms in total. The van der Waals surface area contributed by atoms with E-state index in [1.54, 1.807) is 24.2 Å². The van der Waals surface area contributed by atoms with Gasteiger partial charge in [0.15, 0.2) is 0 Å². The van der Waals surface area contributed by atoms with Crippen LogP contribution in [0.1, 0.15) is 25.3 Å². The Hall–Kier alpha value is -1.29. The predicted molar refractivity (Wildman–Crippen MR) is 82.3 cm³/mol. The van der Waals surface area contributed by atoms with E-state index in [0.717, 1.165) is 35.2 Å². The van der Waals surface area contributed by atoms with Gasteiger partial charge in [0, 0.05) is 29.7 Å². The van der Waals surface area contributed by atoms with E-state index < -0.39 is 0 Å². The highest BCUT2D eigenvalue weighted by molar-refractivity contribution is 9.10. The van der Waals surface area contributed by atoms with E-state index in [1.165, 1.54) is 0 Å². The second-order valence-electron chi connectivity index (χ2n) is 4.33. The predicted octanol–water partition coefficient (Wildman–Crippen LogP) is 3.73. The molecular formula is C15H20BrNO2. The SMILES string of the molecule is CCCCN(C)C(=O)/C=C/c1cc(Br)ccc1OC. The average molecular weight is 326 g/mol. The lowest BCUT2D eigenvalue weighted by Gasteiger charge is -2.14. The number of nitrogens with zero attached hydrogens (tertiary/aromatic N) is 1. The first-order valence-electron chi connectivity index (χ1n) is 6.35. The highest BCUT2D eigenvalue weighted by Crippen LogP contribution is 2.24. The number of likely N-dealkylation sites (N-methyl/N-ethyl adjacent to an activating group) is 1. The molecule has 0 saturated heterocycles. The standard InChI is InChI=1S/C15H20BrNO2/c1-4-5-10-17(2)15(18)9-6-12-11-13(16)7-8-14(12)19-3/h6-9,11H,4-5,10H2,1-3H3/b9-6+. The quantitative estimate of drug-likeness (QED) is 0.746. The van der Waals surface area contributed by atoms with Crippen LogP contribution in [0.15, 0.2) is 28.7 Å². The molecule has 0 heterocycles. The first-order chi connectivity index (χ1) is 9.08. The summed E-state index contributed by atoms with van der Waals surface area (Å²) < 4.78 is 6.22. The molecule has 0 unspecified atom stereocenters. The molecule has 1 aromatic rings. The number of carbonyl (C=O) groups excluding carboxylic acids is 1. The van der Waals surface area contributed by atoms with Crippen molar-refractivity contribution in [3.8, 4) is 5.75 Å². The number of hydrogen-bond acceptors (Lipinski definition) is 2. The molecule has 0 aliphatic heterocycles. The molecule has 19 heavy (non-hydrogen) atoms. The fourth-order valence-corrected chi connectivity index (χ4v) is 2.01. The van der Waals surface area contributed by atoms with Crippen molar-refractivity contribution in [2.75, 3.05) is 20.7 Å². The number of ether oxygens (including phenoxy) is 1. The van der Waals surface area contributed by atoms with Gasteiger partial charge < -0.3 is 9.64 Å². The number of rotatable bonds is 6. The van der Waals surface area contributed by atoms with Crippen LogP contribution in [0, 0.1) is 0 Å². The van der Waals surface area contributed by atoms with Gasteiger partial charge in [-0.3, -0.25) is 4.79 Å². The van der Waals surface area contributed by atoms with Crippen molar-refractivity contribution in [3.05, 3.63) is 34.3 Å². The van der Waals surface area contributed by atoms with E-state index in [1.807, 2.05) is 25.2 Å². The molecule has 0 atom stereocenters. The minimum atomic E-state index is 0.00970. The van der Waals surface area contributed by atoms with E-state index in [2.05, 4.69) is 22.9 Å². The average Bonchev–Trinajstić information content (AvgIpc) is 2.42. The van der Waals surface area contributed by atoms with Gasteiger partial charge in [-0.2, -0.15) is 0 Å². The normalized spacial score (nSPS) is 10.7. The minimum absolute atomic E-state index is 0.00970. The van der Waals surface area contributed by atoms with Gasteiger partial charge in [-0.25, -0.2) is 0 Å². The molecule has 1 amide bonds. The summed E-state index contributed by atoms with van der Waals surface area (Å²) in [5.41, 5.74) is 0.883. The van der Waals surface area contributed by atoms with Gasteiger partial charge in [0.25, 0.3) is 0 Å². The number of benzene rings is 1. The molecule has 0 aromatic heterocycles. The van der Waals surface area contributed by atoms with Crippen molar-refractivity contribution in [2.24, 2.45) is 0 Å². The summed E-state index contributed by atoms with van der Waals surface area (Å²) in [6.07, 6.45) is 5.48. The maximum atomic E-state index is 11.9. The fraction of sp³-hybridized carbons (Fsp3) is 0.400. The Morgan fingerprint density at radius 2 is 2.21 bits per heavy atom. The molecule has 0 N–H and O–H groups in total. The molecule has 1 aromatic carbocycles. The maximum Gasteiger partial charge on any atom is 0.246 e. The summed E-state index contributed by atoms with van der Waals surface area (Å²) in [4.78, 5) is 13.6. The molecule has 0 aliphatic rings. The maximum absolute atomic E-state index is 11.9. The zero-order chi connectivity index (χ0) is 14.3. The molecule has 0 bridgehead atoms. The number of hydrogen-bond donors (Lipinski definition) is 0. The Kier molecular flexibility index (Phi) is 6.64.